The summed E-state index contributed by atoms with van der Waals surface area (Å²) in [5, 5.41) is 3.76. The van der Waals surface area contributed by atoms with E-state index in [-0.39, 0.29) is 18.9 Å². The number of aryl methyl sites for hydroxylation is 1. The van der Waals surface area contributed by atoms with Crippen molar-refractivity contribution in [2.45, 2.75) is 44.8 Å². The van der Waals surface area contributed by atoms with E-state index >= 15 is 0 Å². The Kier molecular flexibility index (Phi) is 4.91. The Morgan fingerprint density at radius 1 is 1.29 bits per heavy atom. The van der Waals surface area contributed by atoms with E-state index in [1.165, 1.54) is 7.11 Å². The van der Waals surface area contributed by atoms with Gasteiger partial charge in [-0.15, -0.1) is 0 Å². The molecule has 2 unspecified atom stereocenters. The maximum atomic E-state index is 12.8. The van der Waals surface area contributed by atoms with Crippen molar-refractivity contribution in [3.05, 3.63) is 22.7 Å². The van der Waals surface area contributed by atoms with Crippen LogP contribution in [0.2, 0.25) is 5.02 Å². The number of halogens is 4. The predicted molar refractivity (Wildman–Crippen MR) is 78.2 cm³/mol. The van der Waals surface area contributed by atoms with Crippen LogP contribution in [0.15, 0.2) is 12.1 Å². The summed E-state index contributed by atoms with van der Waals surface area (Å²) in [6.45, 7) is 1.85. The predicted octanol–water partition coefficient (Wildman–Crippen LogP) is 5.19. The summed E-state index contributed by atoms with van der Waals surface area (Å²) >= 11 is 6.03. The number of ether oxygens (including phenoxy) is 1. The Morgan fingerprint density at radius 3 is 2.62 bits per heavy atom. The van der Waals surface area contributed by atoms with Crippen molar-refractivity contribution in [3.63, 3.8) is 0 Å². The van der Waals surface area contributed by atoms with E-state index in [0.717, 1.165) is 12.0 Å². The second-order valence-electron chi connectivity index (χ2n) is 5.55. The number of anilines is 1. The number of alkyl halides is 3. The quantitative estimate of drug-likeness (QED) is 0.827. The van der Waals surface area contributed by atoms with Crippen LogP contribution >= 0.6 is 11.6 Å². The molecule has 1 fully saturated rings. The van der Waals surface area contributed by atoms with Gasteiger partial charge in [0.05, 0.1) is 18.7 Å². The Balaban J connectivity index is 2.13. The van der Waals surface area contributed by atoms with Gasteiger partial charge in [0.1, 0.15) is 5.75 Å². The largest absolute Gasteiger partial charge is 0.495 e. The molecule has 1 saturated carbocycles. The molecule has 1 aliphatic rings. The molecule has 6 heteroatoms. The summed E-state index contributed by atoms with van der Waals surface area (Å²) in [4.78, 5) is 0. The molecular weight excluding hydrogens is 303 g/mol. The second-order valence-corrected chi connectivity index (χ2v) is 5.96. The summed E-state index contributed by atoms with van der Waals surface area (Å²) in [7, 11) is 1.52. The fourth-order valence-corrected chi connectivity index (χ4v) is 2.94. The van der Waals surface area contributed by atoms with E-state index in [1.807, 2.05) is 13.0 Å². The zero-order chi connectivity index (χ0) is 15.6. The number of rotatable bonds is 3. The van der Waals surface area contributed by atoms with Gasteiger partial charge in [-0.05, 0) is 37.8 Å². The number of hydrogen-bond donors (Lipinski definition) is 1. The molecule has 0 amide bonds. The van der Waals surface area contributed by atoms with Gasteiger partial charge in [0.25, 0.3) is 0 Å². The van der Waals surface area contributed by atoms with Crippen molar-refractivity contribution in [2.75, 3.05) is 12.4 Å². The van der Waals surface area contributed by atoms with Crippen LogP contribution in [0.1, 0.15) is 31.2 Å². The molecule has 1 aromatic carbocycles. The standard InChI is InChI=1S/C15H19ClF3NO/c1-9-6-13(14(21-2)8-12(9)16)20-11-5-3-4-10(7-11)15(17,18)19/h6,8,10-11,20H,3-5,7H2,1-2H3. The summed E-state index contributed by atoms with van der Waals surface area (Å²) in [6.07, 6.45) is -2.47. The number of hydrogen-bond acceptors (Lipinski definition) is 2. The Hall–Kier alpha value is -1.10. The van der Waals surface area contributed by atoms with Gasteiger partial charge in [0.15, 0.2) is 0 Å². The first-order valence-corrected chi connectivity index (χ1v) is 7.36. The van der Waals surface area contributed by atoms with Gasteiger partial charge in [0, 0.05) is 17.1 Å². The van der Waals surface area contributed by atoms with Crippen LogP contribution < -0.4 is 10.1 Å². The third-order valence-electron chi connectivity index (χ3n) is 3.98. The van der Waals surface area contributed by atoms with E-state index in [0.29, 0.717) is 22.9 Å². The van der Waals surface area contributed by atoms with Crippen molar-refractivity contribution in [1.29, 1.82) is 0 Å². The summed E-state index contributed by atoms with van der Waals surface area (Å²) in [5.74, 6) is -0.664. The molecule has 0 radical (unpaired) electrons. The van der Waals surface area contributed by atoms with E-state index < -0.39 is 12.1 Å². The molecule has 2 atom stereocenters. The third-order valence-corrected chi connectivity index (χ3v) is 4.38. The maximum Gasteiger partial charge on any atom is 0.391 e. The first kappa shape index (κ1) is 16.3. The monoisotopic (exact) mass is 321 g/mol. The SMILES string of the molecule is COc1cc(Cl)c(C)cc1NC1CCCC(C(F)(F)F)C1. The topological polar surface area (TPSA) is 21.3 Å². The van der Waals surface area contributed by atoms with Crippen LogP contribution in [0.25, 0.3) is 0 Å². The average Bonchev–Trinajstić information content (AvgIpc) is 2.42. The highest BCUT2D eigenvalue weighted by atomic mass is 35.5. The molecule has 0 aliphatic heterocycles. The van der Waals surface area contributed by atoms with Gasteiger partial charge >= 0.3 is 6.18 Å². The lowest BCUT2D eigenvalue weighted by atomic mass is 9.85. The van der Waals surface area contributed by atoms with Crippen LogP contribution in [0.3, 0.4) is 0 Å². The maximum absolute atomic E-state index is 12.8. The molecule has 118 valence electrons. The van der Waals surface area contributed by atoms with Crippen molar-refractivity contribution in [2.24, 2.45) is 5.92 Å². The lowest BCUT2D eigenvalue weighted by Gasteiger charge is -2.32. The molecule has 2 rings (SSSR count). The zero-order valence-corrected chi connectivity index (χ0v) is 12.8. The minimum atomic E-state index is -4.11. The Labute approximate surface area is 127 Å². The molecule has 0 bridgehead atoms. The minimum Gasteiger partial charge on any atom is -0.495 e. The fraction of sp³-hybridized carbons (Fsp3) is 0.600. The molecule has 1 aliphatic carbocycles. The van der Waals surface area contributed by atoms with Crippen molar-refractivity contribution < 1.29 is 17.9 Å². The lowest BCUT2D eigenvalue weighted by molar-refractivity contribution is -0.182. The zero-order valence-electron chi connectivity index (χ0n) is 12.1. The molecule has 1 N–H and O–H groups in total. The molecule has 0 heterocycles. The molecule has 0 spiro atoms. The normalized spacial score (nSPS) is 23.0. The van der Waals surface area contributed by atoms with Crippen LogP contribution in [0.4, 0.5) is 18.9 Å². The van der Waals surface area contributed by atoms with Gasteiger partial charge in [-0.2, -0.15) is 13.2 Å². The minimum absolute atomic E-state index is 0.105. The van der Waals surface area contributed by atoms with Crippen molar-refractivity contribution in [3.8, 4) is 5.75 Å². The van der Waals surface area contributed by atoms with Crippen LogP contribution in [-0.2, 0) is 0 Å². The van der Waals surface area contributed by atoms with Gasteiger partial charge in [-0.25, -0.2) is 0 Å². The van der Waals surface area contributed by atoms with Gasteiger partial charge in [0.2, 0.25) is 0 Å². The summed E-state index contributed by atoms with van der Waals surface area (Å²) in [6, 6.07) is 3.31. The van der Waals surface area contributed by atoms with E-state index in [1.54, 1.807) is 6.07 Å². The van der Waals surface area contributed by atoms with Crippen molar-refractivity contribution >= 4 is 17.3 Å². The van der Waals surface area contributed by atoms with Gasteiger partial charge in [-0.1, -0.05) is 18.0 Å². The van der Waals surface area contributed by atoms with Crippen molar-refractivity contribution in [1.82, 2.24) is 0 Å². The van der Waals surface area contributed by atoms with E-state index in [9.17, 15) is 13.2 Å². The number of benzene rings is 1. The third kappa shape index (κ3) is 3.96. The van der Waals surface area contributed by atoms with Gasteiger partial charge in [-0.3, -0.25) is 0 Å². The number of methoxy groups -OCH3 is 1. The highest BCUT2D eigenvalue weighted by molar-refractivity contribution is 6.31. The molecular formula is C15H19ClF3NO. The van der Waals surface area contributed by atoms with Crippen LogP contribution in [-0.4, -0.2) is 19.3 Å². The number of nitrogens with one attached hydrogen (secondary N) is 1. The van der Waals surface area contributed by atoms with E-state index in [4.69, 9.17) is 16.3 Å². The van der Waals surface area contributed by atoms with Crippen LogP contribution in [0, 0.1) is 12.8 Å². The van der Waals surface area contributed by atoms with E-state index in [2.05, 4.69) is 5.32 Å². The highest BCUT2D eigenvalue weighted by Gasteiger charge is 2.42. The van der Waals surface area contributed by atoms with Crippen LogP contribution in [0.5, 0.6) is 5.75 Å². The molecule has 1 aromatic rings. The second kappa shape index (κ2) is 6.34. The van der Waals surface area contributed by atoms with Gasteiger partial charge < -0.3 is 10.1 Å². The first-order chi connectivity index (χ1) is 9.81. The first-order valence-electron chi connectivity index (χ1n) is 6.98. The lowest BCUT2D eigenvalue weighted by Crippen LogP contribution is -2.34. The highest BCUT2D eigenvalue weighted by Crippen LogP contribution is 2.39. The summed E-state index contributed by atoms with van der Waals surface area (Å²) in [5.41, 5.74) is 1.57. The molecule has 0 saturated heterocycles. The average molecular weight is 322 g/mol. The smallest absolute Gasteiger partial charge is 0.391 e. The Morgan fingerprint density at radius 2 is 2.00 bits per heavy atom. The Bertz CT molecular complexity index is 504. The molecule has 21 heavy (non-hydrogen) atoms. The summed E-state index contributed by atoms with van der Waals surface area (Å²) < 4.78 is 43.8. The molecule has 2 nitrogen and oxygen atoms in total. The molecule has 0 aromatic heterocycles. The fourth-order valence-electron chi connectivity index (χ4n) is 2.78.